The summed E-state index contributed by atoms with van der Waals surface area (Å²) in [6, 6.07) is 8.58. The zero-order valence-corrected chi connectivity index (χ0v) is 19.4. The Morgan fingerprint density at radius 1 is 1.07 bits per heavy atom. The average Bonchev–Trinajstić information content (AvgIpc) is 3.19. The van der Waals surface area contributed by atoms with Crippen LogP contribution in [-0.2, 0) is 17.8 Å². The predicted octanol–water partition coefficient (Wildman–Crippen LogP) is 3.81. The number of ether oxygens (including phenoxy) is 1. The van der Waals surface area contributed by atoms with Crippen molar-refractivity contribution in [1.29, 1.82) is 0 Å². The van der Waals surface area contributed by atoms with E-state index >= 15 is 0 Å². The van der Waals surface area contributed by atoms with E-state index in [1.54, 1.807) is 6.20 Å². The van der Waals surface area contributed by atoms with Crippen molar-refractivity contribution >= 4 is 29.9 Å². The van der Waals surface area contributed by atoms with Gasteiger partial charge in [0.1, 0.15) is 0 Å². The fourth-order valence-electron chi connectivity index (χ4n) is 2.58. The summed E-state index contributed by atoms with van der Waals surface area (Å²) in [5.74, 6) is 0.855. The molecule has 0 spiro atoms. The lowest BCUT2D eigenvalue weighted by atomic mass is 10.1. The van der Waals surface area contributed by atoms with Gasteiger partial charge in [-0.1, -0.05) is 37.6 Å². The molecule has 0 saturated heterocycles. The molecule has 2 aromatic rings. The number of guanidine groups is 1. The first-order chi connectivity index (χ1) is 13.3. The van der Waals surface area contributed by atoms with Crippen molar-refractivity contribution in [2.75, 3.05) is 26.3 Å². The van der Waals surface area contributed by atoms with Gasteiger partial charge < -0.3 is 19.9 Å². The van der Waals surface area contributed by atoms with Crippen molar-refractivity contribution < 1.29 is 4.74 Å². The number of benzene rings is 1. The fourth-order valence-corrected chi connectivity index (χ4v) is 2.58. The minimum atomic E-state index is 0. The number of imidazole rings is 1. The van der Waals surface area contributed by atoms with Crippen LogP contribution in [-0.4, -0.2) is 41.8 Å². The molecule has 1 aromatic carbocycles. The molecule has 2 rings (SSSR count). The number of hydrogen-bond acceptors (Lipinski definition) is 3. The summed E-state index contributed by atoms with van der Waals surface area (Å²) in [6.45, 7) is 9.13. The van der Waals surface area contributed by atoms with Crippen molar-refractivity contribution in [1.82, 2.24) is 20.2 Å². The third-order valence-electron chi connectivity index (χ3n) is 4.11. The molecule has 1 heterocycles. The van der Waals surface area contributed by atoms with Crippen LogP contribution in [0.4, 0.5) is 0 Å². The SMILES string of the molecule is CCCCOCCCNC(=NCc1ccc(Cn2ccnc2)cc1)NCC.I. The van der Waals surface area contributed by atoms with E-state index < -0.39 is 0 Å². The second kappa shape index (κ2) is 15.3. The molecule has 0 unspecified atom stereocenters. The molecule has 0 radical (unpaired) electrons. The zero-order valence-electron chi connectivity index (χ0n) is 17.1. The van der Waals surface area contributed by atoms with Crippen LogP contribution in [0.2, 0.25) is 0 Å². The number of unbranched alkanes of at least 4 members (excludes halogenated alkanes) is 1. The summed E-state index contributed by atoms with van der Waals surface area (Å²) in [4.78, 5) is 8.75. The number of aliphatic imine (C=N–C) groups is 1. The molecule has 0 fully saturated rings. The Morgan fingerprint density at radius 3 is 2.50 bits per heavy atom. The molecule has 156 valence electrons. The van der Waals surface area contributed by atoms with Gasteiger partial charge in [0.25, 0.3) is 0 Å². The minimum Gasteiger partial charge on any atom is -0.381 e. The lowest BCUT2D eigenvalue weighted by Gasteiger charge is -2.11. The Labute approximate surface area is 186 Å². The monoisotopic (exact) mass is 499 g/mol. The van der Waals surface area contributed by atoms with Crippen LogP contribution >= 0.6 is 24.0 Å². The molecule has 0 amide bonds. The molecule has 28 heavy (non-hydrogen) atoms. The van der Waals surface area contributed by atoms with Gasteiger partial charge in [0.05, 0.1) is 12.9 Å². The standard InChI is InChI=1S/C21H33N5O.HI/c1-3-5-14-27-15-6-11-24-21(23-4-2)25-16-19-7-9-20(10-8-19)17-26-13-12-22-18-26;/h7-10,12-13,18H,3-6,11,14-17H2,1-2H3,(H2,23,24,25);1H. The zero-order chi connectivity index (χ0) is 19.2. The Morgan fingerprint density at radius 2 is 1.82 bits per heavy atom. The Bertz CT molecular complexity index is 643. The van der Waals surface area contributed by atoms with Crippen LogP contribution in [0.3, 0.4) is 0 Å². The largest absolute Gasteiger partial charge is 0.381 e. The number of hydrogen-bond donors (Lipinski definition) is 2. The highest BCUT2D eigenvalue weighted by Gasteiger charge is 1.99. The third-order valence-corrected chi connectivity index (χ3v) is 4.11. The van der Waals surface area contributed by atoms with Gasteiger partial charge in [-0.15, -0.1) is 24.0 Å². The molecule has 0 aliphatic rings. The maximum atomic E-state index is 5.59. The minimum absolute atomic E-state index is 0. The summed E-state index contributed by atoms with van der Waals surface area (Å²) in [6.07, 6.45) is 8.91. The van der Waals surface area contributed by atoms with Crippen LogP contribution in [0.25, 0.3) is 0 Å². The molecule has 0 atom stereocenters. The molecular formula is C21H34IN5O. The number of rotatable bonds is 12. The molecule has 0 aliphatic heterocycles. The van der Waals surface area contributed by atoms with Gasteiger partial charge in [0.2, 0.25) is 0 Å². The van der Waals surface area contributed by atoms with Crippen LogP contribution in [0.1, 0.15) is 44.2 Å². The number of nitrogens with zero attached hydrogens (tertiary/aromatic N) is 3. The van der Waals surface area contributed by atoms with Gasteiger partial charge in [0, 0.05) is 45.2 Å². The van der Waals surface area contributed by atoms with Crippen molar-refractivity contribution in [3.63, 3.8) is 0 Å². The van der Waals surface area contributed by atoms with E-state index in [2.05, 4.69) is 63.3 Å². The van der Waals surface area contributed by atoms with E-state index in [0.29, 0.717) is 6.54 Å². The van der Waals surface area contributed by atoms with Crippen molar-refractivity contribution in [2.24, 2.45) is 4.99 Å². The molecule has 7 heteroatoms. The van der Waals surface area contributed by atoms with Gasteiger partial charge in [-0.05, 0) is 30.9 Å². The highest BCUT2D eigenvalue weighted by Crippen LogP contribution is 2.07. The van der Waals surface area contributed by atoms with E-state index in [1.165, 1.54) is 17.5 Å². The summed E-state index contributed by atoms with van der Waals surface area (Å²) in [7, 11) is 0. The number of halogens is 1. The van der Waals surface area contributed by atoms with E-state index in [4.69, 9.17) is 4.74 Å². The molecule has 2 N–H and O–H groups in total. The van der Waals surface area contributed by atoms with Gasteiger partial charge in [-0.25, -0.2) is 9.98 Å². The van der Waals surface area contributed by atoms with Gasteiger partial charge in [0.15, 0.2) is 5.96 Å². The van der Waals surface area contributed by atoms with Gasteiger partial charge in [-0.2, -0.15) is 0 Å². The maximum Gasteiger partial charge on any atom is 0.191 e. The topological polar surface area (TPSA) is 63.5 Å². The van der Waals surface area contributed by atoms with Gasteiger partial charge in [-0.3, -0.25) is 0 Å². The summed E-state index contributed by atoms with van der Waals surface area (Å²) < 4.78 is 7.65. The van der Waals surface area contributed by atoms with Crippen molar-refractivity contribution in [3.05, 3.63) is 54.1 Å². The van der Waals surface area contributed by atoms with Crippen LogP contribution in [0, 0.1) is 0 Å². The summed E-state index contributed by atoms with van der Waals surface area (Å²) >= 11 is 0. The quantitative estimate of drug-likeness (QED) is 0.202. The normalized spacial score (nSPS) is 11.1. The van der Waals surface area contributed by atoms with E-state index in [9.17, 15) is 0 Å². The third kappa shape index (κ3) is 10.1. The van der Waals surface area contributed by atoms with E-state index in [-0.39, 0.29) is 24.0 Å². The Balaban J connectivity index is 0.00000392. The average molecular weight is 499 g/mol. The molecule has 6 nitrogen and oxygen atoms in total. The second-order valence-electron chi connectivity index (χ2n) is 6.49. The predicted molar refractivity (Wildman–Crippen MR) is 126 cm³/mol. The van der Waals surface area contributed by atoms with Crippen LogP contribution < -0.4 is 10.6 Å². The lowest BCUT2D eigenvalue weighted by molar-refractivity contribution is 0.129. The highest BCUT2D eigenvalue weighted by atomic mass is 127. The second-order valence-corrected chi connectivity index (χ2v) is 6.49. The van der Waals surface area contributed by atoms with E-state index in [0.717, 1.165) is 51.6 Å². The van der Waals surface area contributed by atoms with Crippen LogP contribution in [0.5, 0.6) is 0 Å². The number of nitrogens with one attached hydrogen (secondary N) is 2. The first-order valence-corrected chi connectivity index (χ1v) is 9.95. The highest BCUT2D eigenvalue weighted by molar-refractivity contribution is 14.0. The van der Waals surface area contributed by atoms with E-state index in [1.807, 2.05) is 12.5 Å². The fraction of sp³-hybridized carbons (Fsp3) is 0.524. The smallest absolute Gasteiger partial charge is 0.191 e. The maximum absolute atomic E-state index is 5.59. The molecular weight excluding hydrogens is 465 g/mol. The molecule has 1 aromatic heterocycles. The lowest BCUT2D eigenvalue weighted by Crippen LogP contribution is -2.38. The Hall–Kier alpha value is -1.61. The number of aromatic nitrogens is 2. The molecule has 0 bridgehead atoms. The first-order valence-electron chi connectivity index (χ1n) is 9.95. The Kier molecular flexibility index (Phi) is 13.4. The van der Waals surface area contributed by atoms with Crippen LogP contribution in [0.15, 0.2) is 48.0 Å². The first kappa shape index (κ1) is 24.4. The molecule has 0 aliphatic carbocycles. The summed E-state index contributed by atoms with van der Waals surface area (Å²) in [5, 5.41) is 6.66. The van der Waals surface area contributed by atoms with Crippen molar-refractivity contribution in [2.45, 2.75) is 46.2 Å². The molecule has 0 saturated carbocycles. The summed E-state index contributed by atoms with van der Waals surface area (Å²) in [5.41, 5.74) is 2.46. The van der Waals surface area contributed by atoms with Crippen molar-refractivity contribution in [3.8, 4) is 0 Å². The van der Waals surface area contributed by atoms with Gasteiger partial charge >= 0.3 is 0 Å².